The van der Waals surface area contributed by atoms with Crippen molar-refractivity contribution in [1.29, 1.82) is 0 Å². The fourth-order valence-corrected chi connectivity index (χ4v) is 1.88. The molecule has 0 aliphatic heterocycles. The van der Waals surface area contributed by atoms with Gasteiger partial charge in [-0.2, -0.15) is 22.0 Å². The van der Waals surface area contributed by atoms with Crippen LogP contribution in [0.2, 0.25) is 0 Å². The highest BCUT2D eigenvalue weighted by Crippen LogP contribution is 2.24. The zero-order valence-electron chi connectivity index (χ0n) is 11.0. The smallest absolute Gasteiger partial charge is 0.405 e. The molecule has 1 amide bonds. The van der Waals surface area contributed by atoms with Gasteiger partial charge in [0.25, 0.3) is 0 Å². The molecule has 0 unspecified atom stereocenters. The first-order valence-electron chi connectivity index (χ1n) is 5.95. The highest BCUT2D eigenvalue weighted by molar-refractivity contribution is 9.10. The predicted octanol–water partition coefficient (Wildman–Crippen LogP) is 2.82. The quantitative estimate of drug-likeness (QED) is 0.703. The van der Waals surface area contributed by atoms with Crippen molar-refractivity contribution in [3.05, 3.63) is 28.2 Å². The van der Waals surface area contributed by atoms with Crippen molar-refractivity contribution < 1.29 is 31.5 Å². The van der Waals surface area contributed by atoms with Crippen molar-refractivity contribution >= 4 is 21.8 Å². The predicted molar refractivity (Wildman–Crippen MR) is 71.5 cm³/mol. The lowest BCUT2D eigenvalue weighted by molar-refractivity contribution is -0.137. The maximum absolute atomic E-state index is 12.2. The summed E-state index contributed by atoms with van der Waals surface area (Å²) in [5, 5.41) is 4.23. The van der Waals surface area contributed by atoms with Gasteiger partial charge in [-0.25, -0.2) is 0 Å². The summed E-state index contributed by atoms with van der Waals surface area (Å²) in [5.41, 5.74) is 0.332. The first-order valence-corrected chi connectivity index (χ1v) is 6.74. The van der Waals surface area contributed by atoms with E-state index in [-0.39, 0.29) is 12.3 Å². The molecule has 124 valence electrons. The fourth-order valence-electron chi connectivity index (χ4n) is 1.47. The topological polar surface area (TPSA) is 50.4 Å². The maximum atomic E-state index is 12.2. The molecule has 0 aliphatic rings. The van der Waals surface area contributed by atoms with Gasteiger partial charge in [-0.15, -0.1) is 0 Å². The van der Waals surface area contributed by atoms with Crippen LogP contribution in [0.3, 0.4) is 0 Å². The molecule has 1 aromatic carbocycles. The van der Waals surface area contributed by atoms with E-state index in [1.165, 1.54) is 18.2 Å². The Hall–Kier alpha value is -1.42. The van der Waals surface area contributed by atoms with Crippen LogP contribution in [0.25, 0.3) is 0 Å². The summed E-state index contributed by atoms with van der Waals surface area (Å²) in [5.74, 6) is -0.940. The van der Waals surface area contributed by atoms with E-state index in [0.717, 1.165) is 0 Å². The van der Waals surface area contributed by atoms with E-state index in [1.54, 1.807) is 5.32 Å². The van der Waals surface area contributed by atoms with Gasteiger partial charge >= 0.3 is 12.8 Å². The fraction of sp³-hybridized carbons (Fsp3) is 0.417. The van der Waals surface area contributed by atoms with Crippen LogP contribution in [0.1, 0.15) is 5.56 Å². The average Bonchev–Trinajstić information content (AvgIpc) is 2.38. The molecule has 1 aromatic rings. The number of benzene rings is 1. The Morgan fingerprint density at radius 1 is 1.32 bits per heavy atom. The third-order valence-electron chi connectivity index (χ3n) is 2.33. The van der Waals surface area contributed by atoms with Crippen LogP contribution in [0.15, 0.2) is 22.7 Å². The molecule has 0 aliphatic carbocycles. The monoisotopic (exact) mass is 390 g/mol. The number of halogens is 6. The second-order valence-electron chi connectivity index (χ2n) is 4.13. The molecule has 0 fully saturated rings. The summed E-state index contributed by atoms with van der Waals surface area (Å²) in [6.07, 6.45) is -4.49. The van der Waals surface area contributed by atoms with Gasteiger partial charge in [0.15, 0.2) is 0 Å². The molecular weight excluding hydrogens is 379 g/mol. The standard InChI is InChI=1S/C12H12BrF5N2O2/c13-8-1-2-9(22-11(14)15)7(3-8)4-19-5-10(21)20-6-12(16,17)18/h1-3,11,19H,4-6H2,(H,20,21). The first kappa shape index (κ1) is 18.6. The van der Waals surface area contributed by atoms with E-state index in [9.17, 15) is 26.7 Å². The van der Waals surface area contributed by atoms with E-state index < -0.39 is 31.8 Å². The Morgan fingerprint density at radius 3 is 2.59 bits per heavy atom. The van der Waals surface area contributed by atoms with E-state index >= 15 is 0 Å². The third-order valence-corrected chi connectivity index (χ3v) is 2.82. The summed E-state index contributed by atoms with van der Waals surface area (Å²) in [4.78, 5) is 11.2. The number of rotatable bonds is 7. The zero-order chi connectivity index (χ0) is 16.8. The Labute approximate surface area is 131 Å². The first-order chi connectivity index (χ1) is 10.2. The van der Waals surface area contributed by atoms with Gasteiger partial charge in [0, 0.05) is 16.6 Å². The maximum Gasteiger partial charge on any atom is 0.405 e. The van der Waals surface area contributed by atoms with Crippen molar-refractivity contribution in [1.82, 2.24) is 10.6 Å². The number of carbonyl (C=O) groups is 1. The molecule has 0 heterocycles. The summed E-state index contributed by atoms with van der Waals surface area (Å²) < 4.78 is 65.1. The summed E-state index contributed by atoms with van der Waals surface area (Å²) in [7, 11) is 0. The molecule has 22 heavy (non-hydrogen) atoms. The highest BCUT2D eigenvalue weighted by Gasteiger charge is 2.27. The Kier molecular flexibility index (Phi) is 7.01. The molecule has 0 bridgehead atoms. The van der Waals surface area contributed by atoms with Crippen molar-refractivity contribution in [2.75, 3.05) is 13.1 Å². The van der Waals surface area contributed by atoms with Crippen LogP contribution < -0.4 is 15.4 Å². The lowest BCUT2D eigenvalue weighted by Crippen LogP contribution is -2.39. The van der Waals surface area contributed by atoms with E-state index in [4.69, 9.17) is 0 Å². The van der Waals surface area contributed by atoms with Crippen molar-refractivity contribution in [3.63, 3.8) is 0 Å². The molecule has 10 heteroatoms. The lowest BCUT2D eigenvalue weighted by atomic mass is 10.2. The number of carbonyl (C=O) groups excluding carboxylic acids is 1. The Bertz CT molecular complexity index is 511. The minimum atomic E-state index is -4.49. The molecule has 0 saturated heterocycles. The summed E-state index contributed by atoms with van der Waals surface area (Å²) in [6, 6.07) is 4.31. The largest absolute Gasteiger partial charge is 0.434 e. The molecule has 1 rings (SSSR count). The Morgan fingerprint density at radius 2 is 2.00 bits per heavy atom. The average molecular weight is 391 g/mol. The van der Waals surface area contributed by atoms with Crippen LogP contribution in [-0.4, -0.2) is 31.8 Å². The SMILES string of the molecule is O=C(CNCc1cc(Br)ccc1OC(F)F)NCC(F)(F)F. The highest BCUT2D eigenvalue weighted by atomic mass is 79.9. The summed E-state index contributed by atoms with van der Waals surface area (Å²) >= 11 is 3.15. The van der Waals surface area contributed by atoms with Crippen LogP contribution in [0.5, 0.6) is 5.75 Å². The van der Waals surface area contributed by atoms with E-state index in [1.807, 2.05) is 0 Å². The number of hydrogen-bond acceptors (Lipinski definition) is 3. The van der Waals surface area contributed by atoms with Crippen molar-refractivity contribution in [3.8, 4) is 5.75 Å². The van der Waals surface area contributed by atoms with Crippen molar-refractivity contribution in [2.45, 2.75) is 19.3 Å². The molecule has 0 radical (unpaired) electrons. The molecule has 4 nitrogen and oxygen atoms in total. The molecule has 2 N–H and O–H groups in total. The van der Waals surface area contributed by atoms with Gasteiger partial charge < -0.3 is 15.4 Å². The molecule has 0 aromatic heterocycles. The van der Waals surface area contributed by atoms with Crippen LogP contribution in [-0.2, 0) is 11.3 Å². The number of amides is 1. The number of ether oxygens (including phenoxy) is 1. The van der Waals surface area contributed by atoms with Gasteiger partial charge in [0.05, 0.1) is 6.54 Å². The van der Waals surface area contributed by atoms with Crippen LogP contribution >= 0.6 is 15.9 Å². The van der Waals surface area contributed by atoms with Gasteiger partial charge in [-0.3, -0.25) is 4.79 Å². The van der Waals surface area contributed by atoms with E-state index in [2.05, 4.69) is 26.0 Å². The minimum Gasteiger partial charge on any atom is -0.434 e. The van der Waals surface area contributed by atoms with Gasteiger partial charge in [0.1, 0.15) is 12.3 Å². The molecular formula is C12H12BrF5N2O2. The second kappa shape index (κ2) is 8.28. The van der Waals surface area contributed by atoms with Crippen LogP contribution in [0, 0.1) is 0 Å². The normalized spacial score (nSPS) is 11.6. The lowest BCUT2D eigenvalue weighted by Gasteiger charge is -2.12. The summed E-state index contributed by atoms with van der Waals surface area (Å²) in [6.45, 7) is -4.85. The van der Waals surface area contributed by atoms with Crippen molar-refractivity contribution in [2.24, 2.45) is 0 Å². The number of hydrogen-bond donors (Lipinski definition) is 2. The number of nitrogens with one attached hydrogen (secondary N) is 2. The van der Waals surface area contributed by atoms with Gasteiger partial charge in [0.2, 0.25) is 5.91 Å². The third kappa shape index (κ3) is 7.55. The minimum absolute atomic E-state index is 0.0269. The van der Waals surface area contributed by atoms with Gasteiger partial charge in [-0.05, 0) is 18.2 Å². The van der Waals surface area contributed by atoms with Gasteiger partial charge in [-0.1, -0.05) is 15.9 Å². The van der Waals surface area contributed by atoms with Crippen LogP contribution in [0.4, 0.5) is 22.0 Å². The molecule has 0 spiro atoms. The van der Waals surface area contributed by atoms with E-state index in [0.29, 0.717) is 10.0 Å². The Balaban J connectivity index is 2.50. The zero-order valence-corrected chi connectivity index (χ0v) is 12.6. The molecule has 0 atom stereocenters. The molecule has 0 saturated carbocycles. The second-order valence-corrected chi connectivity index (χ2v) is 5.04. The number of alkyl halides is 5.